The third kappa shape index (κ3) is 7.61. The number of benzene rings is 3. The Morgan fingerprint density at radius 2 is 1.50 bits per heavy atom. The van der Waals surface area contributed by atoms with Crippen LogP contribution in [0, 0.1) is 11.6 Å². The van der Waals surface area contributed by atoms with E-state index in [1.807, 2.05) is 13.0 Å². The molecule has 7 nitrogen and oxygen atoms in total. The molecular weight excluding hydrogens is 512 g/mol. The van der Waals surface area contributed by atoms with Gasteiger partial charge in [0.25, 0.3) is 0 Å². The number of carbonyl (C=O) groups is 2. The van der Waals surface area contributed by atoms with Gasteiger partial charge in [0.15, 0.2) is 0 Å². The number of rotatable bonds is 12. The second kappa shape index (κ2) is 13.1. The van der Waals surface area contributed by atoms with E-state index in [1.54, 1.807) is 30.3 Å². The van der Waals surface area contributed by atoms with Crippen molar-refractivity contribution < 1.29 is 26.8 Å². The molecule has 38 heavy (non-hydrogen) atoms. The number of anilines is 1. The summed E-state index contributed by atoms with van der Waals surface area (Å²) >= 11 is 0. The summed E-state index contributed by atoms with van der Waals surface area (Å²) in [6, 6.07) is 19.0. The smallest absolute Gasteiger partial charge is 0.244 e. The van der Waals surface area contributed by atoms with Crippen LogP contribution in [0.5, 0.6) is 0 Å². The summed E-state index contributed by atoms with van der Waals surface area (Å²) in [5.74, 6) is -2.65. The number of hydrogen-bond donors (Lipinski definition) is 1. The number of sulfonamides is 1. The highest BCUT2D eigenvalue weighted by Gasteiger charge is 2.33. The van der Waals surface area contributed by atoms with Gasteiger partial charge < -0.3 is 10.2 Å². The molecule has 0 radical (unpaired) electrons. The lowest BCUT2D eigenvalue weighted by Gasteiger charge is -2.33. The maximum Gasteiger partial charge on any atom is 0.244 e. The van der Waals surface area contributed by atoms with Gasteiger partial charge in [-0.1, -0.05) is 67.6 Å². The molecule has 10 heteroatoms. The minimum Gasteiger partial charge on any atom is -0.354 e. The molecule has 0 heterocycles. The summed E-state index contributed by atoms with van der Waals surface area (Å²) in [5.41, 5.74) is 0.604. The van der Waals surface area contributed by atoms with Gasteiger partial charge in [0.05, 0.1) is 11.9 Å². The van der Waals surface area contributed by atoms with Gasteiger partial charge in [-0.3, -0.25) is 13.9 Å². The Bertz CT molecular complexity index is 1350. The molecule has 3 aromatic rings. The Morgan fingerprint density at radius 3 is 2.11 bits per heavy atom. The molecule has 1 unspecified atom stereocenters. The molecule has 1 N–H and O–H groups in total. The van der Waals surface area contributed by atoms with Gasteiger partial charge in [0.2, 0.25) is 21.8 Å². The second-order valence-electron chi connectivity index (χ2n) is 8.83. The van der Waals surface area contributed by atoms with Crippen LogP contribution in [0.1, 0.15) is 24.5 Å². The zero-order valence-electron chi connectivity index (χ0n) is 21.3. The van der Waals surface area contributed by atoms with E-state index < -0.39 is 46.1 Å². The zero-order valence-corrected chi connectivity index (χ0v) is 22.1. The molecule has 0 bridgehead atoms. The Hall–Kier alpha value is -3.79. The van der Waals surface area contributed by atoms with E-state index in [1.165, 1.54) is 36.4 Å². The number of halogens is 2. The summed E-state index contributed by atoms with van der Waals surface area (Å²) < 4.78 is 55.2. The van der Waals surface area contributed by atoms with E-state index in [4.69, 9.17) is 0 Å². The first-order chi connectivity index (χ1) is 18.1. The molecule has 0 aliphatic rings. The van der Waals surface area contributed by atoms with Crippen molar-refractivity contribution in [2.45, 2.75) is 32.4 Å². The van der Waals surface area contributed by atoms with Crippen molar-refractivity contribution >= 4 is 27.5 Å². The van der Waals surface area contributed by atoms with Crippen LogP contribution < -0.4 is 9.62 Å². The molecule has 3 aromatic carbocycles. The van der Waals surface area contributed by atoms with Crippen molar-refractivity contribution in [2.75, 3.05) is 23.7 Å². The molecule has 0 spiro atoms. The van der Waals surface area contributed by atoms with Crippen LogP contribution in [0.2, 0.25) is 0 Å². The summed E-state index contributed by atoms with van der Waals surface area (Å²) in [6.45, 7) is 1.17. The van der Waals surface area contributed by atoms with Crippen LogP contribution in [0.3, 0.4) is 0 Å². The fraction of sp³-hybridized carbons (Fsp3) is 0.286. The highest BCUT2D eigenvalue weighted by atomic mass is 32.2. The fourth-order valence-electron chi connectivity index (χ4n) is 3.98. The summed E-state index contributed by atoms with van der Waals surface area (Å²) in [6.07, 6.45) is 1.62. The summed E-state index contributed by atoms with van der Waals surface area (Å²) in [7, 11) is -4.10. The van der Waals surface area contributed by atoms with Crippen LogP contribution in [0.4, 0.5) is 14.5 Å². The Labute approximate surface area is 222 Å². The zero-order chi connectivity index (χ0) is 27.7. The molecule has 0 saturated heterocycles. The number of carbonyl (C=O) groups excluding carboxylic acids is 2. The minimum absolute atomic E-state index is 0.106. The monoisotopic (exact) mass is 543 g/mol. The number of amides is 2. The highest BCUT2D eigenvalue weighted by molar-refractivity contribution is 7.92. The predicted molar refractivity (Wildman–Crippen MR) is 143 cm³/mol. The average Bonchev–Trinajstić information content (AvgIpc) is 2.89. The second-order valence-corrected chi connectivity index (χ2v) is 10.7. The van der Waals surface area contributed by atoms with Crippen molar-refractivity contribution in [3.8, 4) is 0 Å². The first kappa shape index (κ1) is 28.8. The summed E-state index contributed by atoms with van der Waals surface area (Å²) in [5, 5.41) is 2.79. The van der Waals surface area contributed by atoms with Gasteiger partial charge in [-0.25, -0.2) is 17.2 Å². The molecule has 0 aliphatic carbocycles. The number of hydrogen-bond acceptors (Lipinski definition) is 4. The van der Waals surface area contributed by atoms with Gasteiger partial charge in [0, 0.05) is 25.1 Å². The topological polar surface area (TPSA) is 86.8 Å². The van der Waals surface area contributed by atoms with E-state index in [0.29, 0.717) is 17.3 Å². The fourth-order valence-corrected chi connectivity index (χ4v) is 4.83. The van der Waals surface area contributed by atoms with Gasteiger partial charge in [-0.05, 0) is 30.2 Å². The van der Waals surface area contributed by atoms with Crippen molar-refractivity contribution in [3.05, 3.63) is 102 Å². The largest absolute Gasteiger partial charge is 0.354 e. The van der Waals surface area contributed by atoms with Crippen LogP contribution in [0.25, 0.3) is 0 Å². The lowest BCUT2D eigenvalue weighted by Crippen LogP contribution is -2.53. The minimum atomic E-state index is -4.10. The molecule has 3 rings (SSSR count). The summed E-state index contributed by atoms with van der Waals surface area (Å²) in [4.78, 5) is 28.3. The Morgan fingerprint density at radius 1 is 0.895 bits per heavy atom. The van der Waals surface area contributed by atoms with Gasteiger partial charge >= 0.3 is 0 Å². The third-order valence-electron chi connectivity index (χ3n) is 5.92. The Balaban J connectivity index is 2.06. The van der Waals surface area contributed by atoms with Crippen LogP contribution in [0.15, 0.2) is 78.9 Å². The van der Waals surface area contributed by atoms with Crippen molar-refractivity contribution in [2.24, 2.45) is 0 Å². The molecule has 202 valence electrons. The average molecular weight is 544 g/mol. The molecule has 0 fully saturated rings. The first-order valence-electron chi connectivity index (χ1n) is 12.2. The number of nitrogens with one attached hydrogen (secondary N) is 1. The van der Waals surface area contributed by atoms with Crippen molar-refractivity contribution in [1.82, 2.24) is 10.2 Å². The van der Waals surface area contributed by atoms with E-state index >= 15 is 0 Å². The van der Waals surface area contributed by atoms with Crippen molar-refractivity contribution in [1.29, 1.82) is 0 Å². The number of nitrogens with zero attached hydrogens (tertiary/aromatic N) is 2. The Kier molecular flexibility index (Phi) is 9.95. The first-order valence-corrected chi connectivity index (χ1v) is 14.0. The SMILES string of the molecule is CCCNC(=O)C(Cc1ccccc1)N(Cc1ccccc1F)C(=O)CN(c1ccccc1F)S(C)(=O)=O. The van der Waals surface area contributed by atoms with Crippen LogP contribution >= 0.6 is 0 Å². The van der Waals surface area contributed by atoms with E-state index in [0.717, 1.165) is 22.8 Å². The highest BCUT2D eigenvalue weighted by Crippen LogP contribution is 2.23. The maximum atomic E-state index is 14.7. The lowest BCUT2D eigenvalue weighted by atomic mass is 10.0. The van der Waals surface area contributed by atoms with Gasteiger partial charge in [-0.15, -0.1) is 0 Å². The predicted octanol–water partition coefficient (Wildman–Crippen LogP) is 3.90. The normalized spacial score (nSPS) is 12.0. The molecule has 1 atom stereocenters. The van der Waals surface area contributed by atoms with Crippen LogP contribution in [-0.2, 0) is 32.6 Å². The molecule has 0 aromatic heterocycles. The quantitative estimate of drug-likeness (QED) is 0.376. The maximum absolute atomic E-state index is 14.7. The standard InChI is InChI=1S/C28H31F2N3O4S/c1-3-17-31-28(35)26(18-21-11-5-4-6-12-21)32(19-22-13-7-8-14-23(22)29)27(34)20-33(38(2,36)37)25-16-10-9-15-24(25)30/h4-16,26H,3,17-20H2,1-2H3,(H,31,35). The van der Waals surface area contributed by atoms with Gasteiger partial charge in [-0.2, -0.15) is 0 Å². The lowest BCUT2D eigenvalue weighted by molar-refractivity contribution is -0.140. The third-order valence-corrected chi connectivity index (χ3v) is 7.05. The molecule has 2 amide bonds. The van der Waals surface area contributed by atoms with E-state index in [9.17, 15) is 26.8 Å². The van der Waals surface area contributed by atoms with Gasteiger partial charge in [0.1, 0.15) is 24.2 Å². The molecule has 0 aliphatic heterocycles. The number of para-hydroxylation sites is 1. The van der Waals surface area contributed by atoms with Crippen LogP contribution in [-0.4, -0.2) is 50.5 Å². The van der Waals surface area contributed by atoms with Crippen molar-refractivity contribution in [3.63, 3.8) is 0 Å². The van der Waals surface area contributed by atoms with E-state index in [2.05, 4.69) is 5.32 Å². The molecular formula is C28H31F2N3O4S. The van der Waals surface area contributed by atoms with E-state index in [-0.39, 0.29) is 24.2 Å². The molecule has 0 saturated carbocycles.